The number of hydrogen-bond acceptors (Lipinski definition) is 2. The van der Waals surface area contributed by atoms with Gasteiger partial charge in [0.25, 0.3) is 0 Å². The fourth-order valence-corrected chi connectivity index (χ4v) is 4.12. The number of carbonyl (C=O) groups excluding carboxylic acids is 1. The molecule has 4 nitrogen and oxygen atoms in total. The van der Waals surface area contributed by atoms with E-state index in [9.17, 15) is 18.0 Å². The molecule has 3 rings (SSSR count). The molecule has 24 heavy (non-hydrogen) atoms. The Morgan fingerprint density at radius 1 is 1.17 bits per heavy atom. The molecule has 134 valence electrons. The lowest BCUT2D eigenvalue weighted by molar-refractivity contribution is -0.143. The number of likely N-dealkylation sites (tertiary alicyclic amines) is 1. The standard InChI is InChI=1S/C17H24F3N3O/c1-11-7-12(2)9-22(8-11)15(24)10-23-14-6-4-3-5-13(14)16(21-23)17(18,19)20/h11-12H,3-10H2,1-2H3. The maximum atomic E-state index is 13.2. The first-order chi connectivity index (χ1) is 11.3. The van der Waals surface area contributed by atoms with Gasteiger partial charge in [-0.25, -0.2) is 0 Å². The van der Waals surface area contributed by atoms with Gasteiger partial charge in [0.05, 0.1) is 0 Å². The Hall–Kier alpha value is -1.53. The number of hydrogen-bond donors (Lipinski definition) is 0. The van der Waals surface area contributed by atoms with Gasteiger partial charge in [-0.15, -0.1) is 0 Å². The Kier molecular flexibility index (Phi) is 4.62. The molecule has 1 amide bonds. The first-order valence-corrected chi connectivity index (χ1v) is 8.69. The predicted molar refractivity (Wildman–Crippen MR) is 83.4 cm³/mol. The van der Waals surface area contributed by atoms with Gasteiger partial charge in [0.1, 0.15) is 6.54 Å². The first-order valence-electron chi connectivity index (χ1n) is 8.69. The Bertz CT molecular complexity index is 613. The molecule has 0 radical (unpaired) electrons. The van der Waals surface area contributed by atoms with Crippen LogP contribution >= 0.6 is 0 Å². The van der Waals surface area contributed by atoms with E-state index in [2.05, 4.69) is 18.9 Å². The van der Waals surface area contributed by atoms with Gasteiger partial charge in [-0.3, -0.25) is 9.48 Å². The summed E-state index contributed by atoms with van der Waals surface area (Å²) in [7, 11) is 0. The van der Waals surface area contributed by atoms with Gasteiger partial charge in [0.15, 0.2) is 5.69 Å². The number of amides is 1. The molecule has 0 saturated carbocycles. The Balaban J connectivity index is 1.82. The molecule has 1 saturated heterocycles. The van der Waals surface area contributed by atoms with E-state index in [4.69, 9.17) is 0 Å². The van der Waals surface area contributed by atoms with E-state index in [1.54, 1.807) is 4.90 Å². The van der Waals surface area contributed by atoms with Crippen LogP contribution in [0.15, 0.2) is 0 Å². The van der Waals surface area contributed by atoms with Crippen molar-refractivity contribution in [3.8, 4) is 0 Å². The number of fused-ring (bicyclic) bond motifs is 1. The van der Waals surface area contributed by atoms with E-state index in [0.717, 1.165) is 19.3 Å². The summed E-state index contributed by atoms with van der Waals surface area (Å²) in [6.07, 6.45) is -0.809. The summed E-state index contributed by atoms with van der Waals surface area (Å²) in [5.41, 5.74) is 0.0901. The van der Waals surface area contributed by atoms with Crippen LogP contribution in [0.2, 0.25) is 0 Å². The summed E-state index contributed by atoms with van der Waals surface area (Å²) in [5.74, 6) is 0.725. The quantitative estimate of drug-likeness (QED) is 0.826. The van der Waals surface area contributed by atoms with E-state index in [-0.39, 0.29) is 12.5 Å². The Morgan fingerprint density at radius 2 is 1.79 bits per heavy atom. The number of aromatic nitrogens is 2. The summed E-state index contributed by atoms with van der Waals surface area (Å²) in [6, 6.07) is 0. The zero-order valence-corrected chi connectivity index (χ0v) is 14.2. The molecule has 0 N–H and O–H groups in total. The molecule has 2 heterocycles. The van der Waals surface area contributed by atoms with Crippen molar-refractivity contribution in [2.45, 2.75) is 58.7 Å². The monoisotopic (exact) mass is 343 g/mol. The van der Waals surface area contributed by atoms with Gasteiger partial charge in [-0.05, 0) is 43.9 Å². The third kappa shape index (κ3) is 3.44. The van der Waals surface area contributed by atoms with Gasteiger partial charge >= 0.3 is 6.18 Å². The van der Waals surface area contributed by atoms with Gasteiger partial charge in [-0.1, -0.05) is 13.8 Å². The van der Waals surface area contributed by atoms with Crippen LogP contribution in [-0.2, 0) is 30.4 Å². The topological polar surface area (TPSA) is 38.1 Å². The SMILES string of the molecule is CC1CC(C)CN(C(=O)Cn2nc(C(F)(F)F)c3c2CCCC3)C1. The normalized spacial score (nSPS) is 24.8. The molecule has 7 heteroatoms. The average Bonchev–Trinajstić information content (AvgIpc) is 2.85. The smallest absolute Gasteiger partial charge is 0.341 e. The van der Waals surface area contributed by atoms with Crippen LogP contribution in [0, 0.1) is 11.8 Å². The number of rotatable bonds is 2. The number of piperidine rings is 1. The van der Waals surface area contributed by atoms with Gasteiger partial charge in [-0.2, -0.15) is 18.3 Å². The van der Waals surface area contributed by atoms with Crippen molar-refractivity contribution in [1.82, 2.24) is 14.7 Å². The summed E-state index contributed by atoms with van der Waals surface area (Å²) < 4.78 is 40.9. The lowest BCUT2D eigenvalue weighted by Crippen LogP contribution is -2.44. The highest BCUT2D eigenvalue weighted by Gasteiger charge is 2.40. The van der Waals surface area contributed by atoms with Crippen molar-refractivity contribution in [2.24, 2.45) is 11.8 Å². The summed E-state index contributed by atoms with van der Waals surface area (Å²) in [5, 5.41) is 3.78. The predicted octanol–water partition coefficient (Wildman–Crippen LogP) is 3.29. The minimum absolute atomic E-state index is 0.0855. The molecule has 2 unspecified atom stereocenters. The van der Waals surface area contributed by atoms with Crippen molar-refractivity contribution >= 4 is 5.91 Å². The lowest BCUT2D eigenvalue weighted by atomic mass is 9.92. The molecule has 1 aliphatic carbocycles. The molecule has 2 atom stereocenters. The van der Waals surface area contributed by atoms with Crippen LogP contribution in [0.1, 0.15) is 50.1 Å². The third-order valence-electron chi connectivity index (χ3n) is 5.03. The number of carbonyl (C=O) groups is 1. The zero-order chi connectivity index (χ0) is 17.5. The maximum Gasteiger partial charge on any atom is 0.435 e. The molecular weight excluding hydrogens is 319 g/mol. The number of alkyl halides is 3. The van der Waals surface area contributed by atoms with Crippen LogP contribution in [0.5, 0.6) is 0 Å². The highest BCUT2D eigenvalue weighted by molar-refractivity contribution is 5.76. The van der Waals surface area contributed by atoms with Gasteiger partial charge in [0, 0.05) is 24.3 Å². The van der Waals surface area contributed by atoms with E-state index in [1.165, 1.54) is 4.68 Å². The van der Waals surface area contributed by atoms with Crippen LogP contribution < -0.4 is 0 Å². The van der Waals surface area contributed by atoms with Gasteiger partial charge < -0.3 is 4.90 Å². The van der Waals surface area contributed by atoms with Crippen LogP contribution in [0.4, 0.5) is 13.2 Å². The fraction of sp³-hybridized carbons (Fsp3) is 0.765. The highest BCUT2D eigenvalue weighted by Crippen LogP contribution is 2.35. The van der Waals surface area contributed by atoms with Crippen molar-refractivity contribution in [1.29, 1.82) is 0 Å². The zero-order valence-electron chi connectivity index (χ0n) is 14.2. The summed E-state index contributed by atoms with van der Waals surface area (Å²) in [4.78, 5) is 14.4. The molecular formula is C17H24F3N3O. The fourth-order valence-electron chi connectivity index (χ4n) is 4.12. The minimum Gasteiger partial charge on any atom is -0.341 e. The second-order valence-electron chi connectivity index (χ2n) is 7.38. The van der Waals surface area contributed by atoms with E-state index in [0.29, 0.717) is 49.0 Å². The maximum absolute atomic E-state index is 13.2. The van der Waals surface area contributed by atoms with Crippen molar-refractivity contribution in [2.75, 3.05) is 13.1 Å². The molecule has 1 aliphatic heterocycles. The summed E-state index contributed by atoms with van der Waals surface area (Å²) >= 11 is 0. The van der Waals surface area contributed by atoms with Crippen LogP contribution in [-0.4, -0.2) is 33.7 Å². The van der Waals surface area contributed by atoms with Crippen molar-refractivity contribution in [3.63, 3.8) is 0 Å². The summed E-state index contributed by atoms with van der Waals surface area (Å²) in [6.45, 7) is 5.48. The molecule has 0 aromatic carbocycles. The van der Waals surface area contributed by atoms with Crippen molar-refractivity contribution < 1.29 is 18.0 Å². The van der Waals surface area contributed by atoms with E-state index in [1.807, 2.05) is 0 Å². The lowest BCUT2D eigenvalue weighted by Gasteiger charge is -2.35. The largest absolute Gasteiger partial charge is 0.435 e. The Labute approximate surface area is 140 Å². The van der Waals surface area contributed by atoms with E-state index < -0.39 is 11.9 Å². The number of halogens is 3. The molecule has 1 aromatic rings. The third-order valence-corrected chi connectivity index (χ3v) is 5.03. The molecule has 2 aliphatic rings. The van der Waals surface area contributed by atoms with E-state index >= 15 is 0 Å². The van der Waals surface area contributed by atoms with Gasteiger partial charge in [0.2, 0.25) is 5.91 Å². The van der Waals surface area contributed by atoms with Crippen molar-refractivity contribution in [3.05, 3.63) is 17.0 Å². The second kappa shape index (κ2) is 6.41. The molecule has 0 spiro atoms. The first kappa shape index (κ1) is 17.3. The Morgan fingerprint density at radius 3 is 2.42 bits per heavy atom. The van der Waals surface area contributed by atoms with Crippen LogP contribution in [0.25, 0.3) is 0 Å². The second-order valence-corrected chi connectivity index (χ2v) is 7.38. The molecule has 1 aromatic heterocycles. The molecule has 1 fully saturated rings. The number of nitrogens with zero attached hydrogens (tertiary/aromatic N) is 3. The molecule has 0 bridgehead atoms. The highest BCUT2D eigenvalue weighted by atomic mass is 19.4. The van der Waals surface area contributed by atoms with Crippen LogP contribution in [0.3, 0.4) is 0 Å². The minimum atomic E-state index is -4.45. The average molecular weight is 343 g/mol.